The SMILES string of the molecule is CCC(C)n1ccc(CC(N)c2cccc(C)c2C)n1. The van der Waals surface area contributed by atoms with Gasteiger partial charge < -0.3 is 5.73 Å². The van der Waals surface area contributed by atoms with E-state index in [0.717, 1.165) is 18.5 Å². The Kier molecular flexibility index (Phi) is 4.61. The fraction of sp³-hybridized carbons (Fsp3) is 0.471. The number of hydrogen-bond donors (Lipinski definition) is 1. The van der Waals surface area contributed by atoms with E-state index in [1.54, 1.807) is 0 Å². The Morgan fingerprint density at radius 2 is 2.00 bits per heavy atom. The maximum absolute atomic E-state index is 6.37. The van der Waals surface area contributed by atoms with Crippen molar-refractivity contribution in [2.75, 3.05) is 0 Å². The van der Waals surface area contributed by atoms with E-state index in [1.807, 2.05) is 4.68 Å². The van der Waals surface area contributed by atoms with E-state index in [2.05, 4.69) is 63.3 Å². The summed E-state index contributed by atoms with van der Waals surface area (Å²) in [6.07, 6.45) is 3.93. The van der Waals surface area contributed by atoms with Gasteiger partial charge in [-0.15, -0.1) is 0 Å². The van der Waals surface area contributed by atoms with Crippen molar-refractivity contribution in [1.29, 1.82) is 0 Å². The monoisotopic (exact) mass is 271 g/mol. The molecule has 0 radical (unpaired) electrons. The predicted molar refractivity (Wildman–Crippen MR) is 83.8 cm³/mol. The lowest BCUT2D eigenvalue weighted by atomic mass is 9.95. The van der Waals surface area contributed by atoms with Crippen molar-refractivity contribution < 1.29 is 0 Å². The van der Waals surface area contributed by atoms with Gasteiger partial charge in [0.05, 0.1) is 5.69 Å². The van der Waals surface area contributed by atoms with Crippen LogP contribution in [0.2, 0.25) is 0 Å². The highest BCUT2D eigenvalue weighted by atomic mass is 15.3. The maximum Gasteiger partial charge on any atom is 0.0643 e. The molecule has 1 aromatic heterocycles. The van der Waals surface area contributed by atoms with Crippen LogP contribution in [0, 0.1) is 13.8 Å². The number of hydrogen-bond acceptors (Lipinski definition) is 2. The number of nitrogens with zero attached hydrogens (tertiary/aromatic N) is 2. The van der Waals surface area contributed by atoms with Gasteiger partial charge in [-0.05, 0) is 49.9 Å². The fourth-order valence-electron chi connectivity index (χ4n) is 2.43. The minimum atomic E-state index is 0.00943. The van der Waals surface area contributed by atoms with Crippen LogP contribution >= 0.6 is 0 Å². The van der Waals surface area contributed by atoms with Crippen LogP contribution in [0.1, 0.15) is 54.7 Å². The molecule has 0 bridgehead atoms. The molecule has 1 heterocycles. The van der Waals surface area contributed by atoms with Crippen molar-refractivity contribution in [2.45, 2.75) is 52.6 Å². The molecule has 0 fully saturated rings. The summed E-state index contributed by atoms with van der Waals surface area (Å²) in [4.78, 5) is 0. The van der Waals surface area contributed by atoms with Crippen LogP contribution in [-0.2, 0) is 6.42 Å². The van der Waals surface area contributed by atoms with Crippen molar-refractivity contribution in [3.05, 3.63) is 52.8 Å². The molecule has 0 aliphatic rings. The summed E-state index contributed by atoms with van der Waals surface area (Å²) in [5.41, 5.74) is 11.2. The standard InChI is InChI=1S/C17H25N3/c1-5-13(3)20-10-9-15(19-20)11-17(18)16-8-6-7-12(2)14(16)4/h6-10,13,17H,5,11,18H2,1-4H3. The quantitative estimate of drug-likeness (QED) is 0.900. The first-order valence-corrected chi connectivity index (χ1v) is 7.38. The van der Waals surface area contributed by atoms with Gasteiger partial charge in [-0.3, -0.25) is 4.68 Å². The smallest absolute Gasteiger partial charge is 0.0643 e. The third kappa shape index (κ3) is 3.10. The van der Waals surface area contributed by atoms with E-state index >= 15 is 0 Å². The van der Waals surface area contributed by atoms with Crippen molar-refractivity contribution in [2.24, 2.45) is 5.73 Å². The zero-order valence-corrected chi connectivity index (χ0v) is 12.9. The van der Waals surface area contributed by atoms with Gasteiger partial charge >= 0.3 is 0 Å². The summed E-state index contributed by atoms with van der Waals surface area (Å²) in [6, 6.07) is 8.87. The molecule has 0 saturated heterocycles. The van der Waals surface area contributed by atoms with E-state index in [0.29, 0.717) is 6.04 Å². The average Bonchev–Trinajstić information content (AvgIpc) is 2.89. The van der Waals surface area contributed by atoms with E-state index in [9.17, 15) is 0 Å². The van der Waals surface area contributed by atoms with Crippen molar-refractivity contribution in [3.8, 4) is 0 Å². The molecule has 2 N–H and O–H groups in total. The first-order valence-electron chi connectivity index (χ1n) is 7.38. The summed E-state index contributed by atoms with van der Waals surface area (Å²) in [6.45, 7) is 8.63. The molecule has 20 heavy (non-hydrogen) atoms. The largest absolute Gasteiger partial charge is 0.324 e. The number of benzene rings is 1. The van der Waals surface area contributed by atoms with E-state index in [4.69, 9.17) is 5.73 Å². The topological polar surface area (TPSA) is 43.8 Å². The molecule has 108 valence electrons. The molecule has 2 atom stereocenters. The first kappa shape index (κ1) is 14.8. The normalized spacial score (nSPS) is 14.2. The van der Waals surface area contributed by atoms with Gasteiger partial charge in [0, 0.05) is 24.7 Å². The molecule has 0 spiro atoms. The molecule has 2 aromatic rings. The molecule has 0 amide bonds. The molecule has 0 aliphatic heterocycles. The highest BCUT2D eigenvalue weighted by molar-refractivity contribution is 5.35. The number of rotatable bonds is 5. The Morgan fingerprint density at radius 1 is 1.25 bits per heavy atom. The highest BCUT2D eigenvalue weighted by Gasteiger charge is 2.13. The molecular formula is C17H25N3. The van der Waals surface area contributed by atoms with Gasteiger partial charge in [-0.2, -0.15) is 5.10 Å². The minimum absolute atomic E-state index is 0.00943. The lowest BCUT2D eigenvalue weighted by Gasteiger charge is -2.15. The number of nitrogens with two attached hydrogens (primary N) is 1. The molecule has 2 unspecified atom stereocenters. The molecule has 0 aliphatic carbocycles. The Bertz CT molecular complexity index is 571. The van der Waals surface area contributed by atoms with Crippen LogP contribution in [-0.4, -0.2) is 9.78 Å². The van der Waals surface area contributed by atoms with Crippen molar-refractivity contribution in [3.63, 3.8) is 0 Å². The Balaban J connectivity index is 2.13. The number of aromatic nitrogens is 2. The van der Waals surface area contributed by atoms with Gasteiger partial charge in [0.1, 0.15) is 0 Å². The summed E-state index contributed by atoms with van der Waals surface area (Å²) >= 11 is 0. The van der Waals surface area contributed by atoms with Gasteiger partial charge in [0.25, 0.3) is 0 Å². The van der Waals surface area contributed by atoms with Crippen LogP contribution in [0.3, 0.4) is 0 Å². The maximum atomic E-state index is 6.37. The Labute approximate surface area is 121 Å². The molecule has 3 nitrogen and oxygen atoms in total. The van der Waals surface area contributed by atoms with Crippen molar-refractivity contribution in [1.82, 2.24) is 9.78 Å². The first-order chi connectivity index (χ1) is 9.52. The molecule has 3 heteroatoms. The average molecular weight is 271 g/mol. The van der Waals surface area contributed by atoms with Crippen LogP contribution in [0.25, 0.3) is 0 Å². The van der Waals surface area contributed by atoms with E-state index < -0.39 is 0 Å². The van der Waals surface area contributed by atoms with Crippen LogP contribution in [0.15, 0.2) is 30.5 Å². The van der Waals surface area contributed by atoms with Gasteiger partial charge in [0.2, 0.25) is 0 Å². The highest BCUT2D eigenvalue weighted by Crippen LogP contribution is 2.22. The third-order valence-electron chi connectivity index (χ3n) is 4.18. The molecule has 2 rings (SSSR count). The Morgan fingerprint density at radius 3 is 2.70 bits per heavy atom. The zero-order valence-electron chi connectivity index (χ0n) is 12.9. The van der Waals surface area contributed by atoms with Gasteiger partial charge in [-0.1, -0.05) is 25.1 Å². The second-order valence-corrected chi connectivity index (χ2v) is 5.64. The zero-order chi connectivity index (χ0) is 14.7. The Hall–Kier alpha value is -1.61. The molecular weight excluding hydrogens is 246 g/mol. The second kappa shape index (κ2) is 6.23. The fourth-order valence-corrected chi connectivity index (χ4v) is 2.43. The summed E-state index contributed by atoms with van der Waals surface area (Å²) in [5, 5.41) is 4.64. The van der Waals surface area contributed by atoms with Crippen LogP contribution < -0.4 is 5.73 Å². The van der Waals surface area contributed by atoms with Crippen LogP contribution in [0.4, 0.5) is 0 Å². The van der Waals surface area contributed by atoms with Gasteiger partial charge in [0.15, 0.2) is 0 Å². The van der Waals surface area contributed by atoms with Crippen molar-refractivity contribution >= 4 is 0 Å². The lowest BCUT2D eigenvalue weighted by molar-refractivity contribution is 0.472. The summed E-state index contributed by atoms with van der Waals surface area (Å²) in [7, 11) is 0. The van der Waals surface area contributed by atoms with E-state index in [-0.39, 0.29) is 6.04 Å². The minimum Gasteiger partial charge on any atom is -0.324 e. The summed E-state index contributed by atoms with van der Waals surface area (Å²) < 4.78 is 2.03. The molecule has 0 saturated carbocycles. The predicted octanol–water partition coefficient (Wildman–Crippen LogP) is 3.71. The van der Waals surface area contributed by atoms with Crippen LogP contribution in [0.5, 0.6) is 0 Å². The third-order valence-corrected chi connectivity index (χ3v) is 4.18. The lowest BCUT2D eigenvalue weighted by Crippen LogP contribution is -2.16. The number of aryl methyl sites for hydroxylation is 1. The second-order valence-electron chi connectivity index (χ2n) is 5.64. The molecule has 1 aromatic carbocycles. The summed E-state index contributed by atoms with van der Waals surface area (Å²) in [5.74, 6) is 0. The van der Waals surface area contributed by atoms with Gasteiger partial charge in [-0.25, -0.2) is 0 Å². The van der Waals surface area contributed by atoms with E-state index in [1.165, 1.54) is 16.7 Å².